The molecule has 136 valence electrons. The Morgan fingerprint density at radius 1 is 1.35 bits per heavy atom. The molecule has 0 unspecified atom stereocenters. The molecule has 0 bridgehead atoms. The van der Waals surface area contributed by atoms with Crippen LogP contribution < -0.4 is 10.1 Å². The summed E-state index contributed by atoms with van der Waals surface area (Å²) >= 11 is 0. The van der Waals surface area contributed by atoms with Crippen LogP contribution in [0.1, 0.15) is 36.9 Å². The van der Waals surface area contributed by atoms with E-state index in [4.69, 9.17) is 4.74 Å². The zero-order valence-electron chi connectivity index (χ0n) is 14.3. The number of carbonyl (C=O) groups is 1. The van der Waals surface area contributed by atoms with Crippen LogP contribution >= 0.6 is 0 Å². The maximum atomic E-state index is 13.4. The summed E-state index contributed by atoms with van der Waals surface area (Å²) < 4.78 is 18.8. The van der Waals surface area contributed by atoms with Crippen LogP contribution in [0.4, 0.5) is 10.1 Å². The van der Waals surface area contributed by atoms with Gasteiger partial charge in [0.2, 0.25) is 5.75 Å². The van der Waals surface area contributed by atoms with Gasteiger partial charge in [-0.3, -0.25) is 14.9 Å². The average Bonchev–Trinajstić information content (AvgIpc) is 2.61. The topological polar surface area (TPSA) is 81.5 Å². The molecule has 0 aromatic heterocycles. The molecule has 0 fully saturated rings. The lowest BCUT2D eigenvalue weighted by atomic mass is 9.87. The summed E-state index contributed by atoms with van der Waals surface area (Å²) in [6, 6.07) is 10.7. The molecule has 0 heterocycles. The minimum atomic E-state index is -0.996. The lowest BCUT2D eigenvalue weighted by Crippen LogP contribution is -2.39. The van der Waals surface area contributed by atoms with E-state index in [0.717, 1.165) is 43.0 Å². The van der Waals surface area contributed by atoms with Crippen LogP contribution in [0.25, 0.3) is 0 Å². The number of aryl methyl sites for hydroxylation is 1. The molecule has 1 amide bonds. The number of fused-ring (bicyclic) bond motifs is 1. The van der Waals surface area contributed by atoms with Crippen molar-refractivity contribution < 1.29 is 18.8 Å². The Morgan fingerprint density at radius 2 is 2.12 bits per heavy atom. The highest BCUT2D eigenvalue weighted by molar-refractivity contribution is 5.81. The van der Waals surface area contributed by atoms with Crippen molar-refractivity contribution in [3.8, 4) is 5.75 Å². The first-order valence-corrected chi connectivity index (χ1v) is 8.44. The Kier molecular flexibility index (Phi) is 5.16. The Balaban J connectivity index is 1.72. The van der Waals surface area contributed by atoms with Gasteiger partial charge in [0.15, 0.2) is 6.10 Å². The van der Waals surface area contributed by atoms with Gasteiger partial charge in [-0.15, -0.1) is 0 Å². The fraction of sp³-hybridized carbons (Fsp3) is 0.316. The predicted octanol–water partition coefficient (Wildman–Crippen LogP) is 3.70. The Morgan fingerprint density at radius 3 is 2.88 bits per heavy atom. The summed E-state index contributed by atoms with van der Waals surface area (Å²) in [5.41, 5.74) is 1.91. The molecule has 0 aliphatic heterocycles. The van der Waals surface area contributed by atoms with Crippen LogP contribution in [-0.2, 0) is 11.2 Å². The Hall–Kier alpha value is -2.96. The summed E-state index contributed by atoms with van der Waals surface area (Å²) in [6.07, 6.45) is 1.76. The van der Waals surface area contributed by atoms with Gasteiger partial charge in [-0.1, -0.05) is 24.3 Å². The normalized spacial score (nSPS) is 17.1. The van der Waals surface area contributed by atoms with E-state index in [1.165, 1.54) is 12.5 Å². The van der Waals surface area contributed by atoms with Gasteiger partial charge >= 0.3 is 5.69 Å². The number of nitrogens with zero attached hydrogens (tertiary/aromatic N) is 1. The molecular weight excluding hydrogens is 339 g/mol. The summed E-state index contributed by atoms with van der Waals surface area (Å²) in [7, 11) is 0. The van der Waals surface area contributed by atoms with Crippen molar-refractivity contribution >= 4 is 11.6 Å². The Bertz CT molecular complexity index is 840. The smallest absolute Gasteiger partial charge is 0.311 e. The first-order valence-electron chi connectivity index (χ1n) is 8.44. The van der Waals surface area contributed by atoms with Gasteiger partial charge in [0.05, 0.1) is 11.0 Å². The number of nitro benzene ring substituents is 1. The van der Waals surface area contributed by atoms with Crippen LogP contribution in [0, 0.1) is 15.9 Å². The zero-order valence-corrected chi connectivity index (χ0v) is 14.3. The third-order valence-electron chi connectivity index (χ3n) is 4.48. The second-order valence-corrected chi connectivity index (χ2v) is 6.28. The molecule has 2 aromatic carbocycles. The lowest BCUT2D eigenvalue weighted by molar-refractivity contribution is -0.386. The van der Waals surface area contributed by atoms with Crippen LogP contribution in [0.5, 0.6) is 5.75 Å². The van der Waals surface area contributed by atoms with E-state index in [9.17, 15) is 19.3 Å². The number of halogens is 1. The number of rotatable bonds is 5. The number of amides is 1. The van der Waals surface area contributed by atoms with Crippen molar-refractivity contribution in [1.29, 1.82) is 0 Å². The summed E-state index contributed by atoms with van der Waals surface area (Å²) in [6.45, 7) is 1.48. The van der Waals surface area contributed by atoms with Gasteiger partial charge in [0.25, 0.3) is 5.91 Å². The largest absolute Gasteiger partial charge is 0.474 e. The number of carbonyl (C=O) groups excluding carboxylic acids is 1. The zero-order chi connectivity index (χ0) is 18.7. The van der Waals surface area contributed by atoms with E-state index < -0.39 is 22.8 Å². The molecule has 3 rings (SSSR count). The number of hydrogen-bond acceptors (Lipinski definition) is 4. The minimum Gasteiger partial charge on any atom is -0.474 e. The van der Waals surface area contributed by atoms with Gasteiger partial charge in [0.1, 0.15) is 5.82 Å². The monoisotopic (exact) mass is 358 g/mol. The molecule has 0 saturated heterocycles. The summed E-state index contributed by atoms with van der Waals surface area (Å²) in [5, 5.41) is 14.0. The summed E-state index contributed by atoms with van der Waals surface area (Å²) in [4.78, 5) is 22.9. The maximum Gasteiger partial charge on any atom is 0.311 e. The highest BCUT2D eigenvalue weighted by atomic mass is 19.1. The van der Waals surface area contributed by atoms with Gasteiger partial charge in [-0.25, -0.2) is 4.39 Å². The van der Waals surface area contributed by atoms with Gasteiger partial charge in [-0.2, -0.15) is 0 Å². The third kappa shape index (κ3) is 3.82. The highest BCUT2D eigenvalue weighted by Crippen LogP contribution is 2.31. The van der Waals surface area contributed by atoms with E-state index in [1.54, 1.807) is 0 Å². The fourth-order valence-electron chi connectivity index (χ4n) is 3.17. The van der Waals surface area contributed by atoms with Crippen molar-refractivity contribution in [3.63, 3.8) is 0 Å². The number of ether oxygens (including phenoxy) is 1. The fourth-order valence-corrected chi connectivity index (χ4v) is 3.17. The van der Waals surface area contributed by atoms with Crippen molar-refractivity contribution in [2.24, 2.45) is 0 Å². The van der Waals surface area contributed by atoms with Gasteiger partial charge in [-0.05, 0) is 43.4 Å². The maximum absolute atomic E-state index is 13.4. The van der Waals surface area contributed by atoms with Gasteiger partial charge < -0.3 is 10.1 Å². The molecule has 7 heteroatoms. The number of hydrogen-bond donors (Lipinski definition) is 1. The van der Waals surface area contributed by atoms with Crippen molar-refractivity contribution in [2.75, 3.05) is 0 Å². The highest BCUT2D eigenvalue weighted by Gasteiger charge is 2.26. The molecule has 2 atom stereocenters. The Labute approximate surface area is 150 Å². The second kappa shape index (κ2) is 7.51. The number of nitrogens with one attached hydrogen (secondary N) is 1. The van der Waals surface area contributed by atoms with E-state index in [0.29, 0.717) is 0 Å². The molecule has 1 N–H and O–H groups in total. The molecule has 0 radical (unpaired) electrons. The van der Waals surface area contributed by atoms with Crippen LogP contribution in [0.3, 0.4) is 0 Å². The van der Waals surface area contributed by atoms with E-state index in [1.807, 2.05) is 24.3 Å². The lowest BCUT2D eigenvalue weighted by Gasteiger charge is -2.27. The van der Waals surface area contributed by atoms with Crippen molar-refractivity contribution in [2.45, 2.75) is 38.3 Å². The third-order valence-corrected chi connectivity index (χ3v) is 4.48. The average molecular weight is 358 g/mol. The number of benzene rings is 2. The first-order chi connectivity index (χ1) is 12.5. The van der Waals surface area contributed by atoms with E-state index in [2.05, 4.69) is 5.32 Å². The minimum absolute atomic E-state index is 0.124. The first kappa shape index (κ1) is 17.8. The standard InChI is InChI=1S/C19H19FN2O4/c1-12(26-18-11-14(20)9-10-17(18)22(24)25)19(23)21-16-8-4-6-13-5-2-3-7-15(13)16/h2-3,5,7,9-12,16H,4,6,8H2,1H3,(H,21,23)/t12-,16-/m1/s1. The molecular formula is C19H19FN2O4. The number of nitro groups is 1. The second-order valence-electron chi connectivity index (χ2n) is 6.28. The predicted molar refractivity (Wildman–Crippen MR) is 93.4 cm³/mol. The SMILES string of the molecule is C[C@@H](Oc1cc(F)ccc1[N+](=O)[O-])C(=O)N[C@@H]1CCCc2ccccc21. The molecule has 1 aliphatic carbocycles. The van der Waals surface area contributed by atoms with Crippen LogP contribution in [-0.4, -0.2) is 16.9 Å². The molecule has 1 aliphatic rings. The van der Waals surface area contributed by atoms with Crippen LogP contribution in [0.2, 0.25) is 0 Å². The summed E-state index contributed by atoms with van der Waals surface area (Å²) in [5.74, 6) is -1.33. The molecule has 0 saturated carbocycles. The molecule has 2 aromatic rings. The molecule has 0 spiro atoms. The van der Waals surface area contributed by atoms with E-state index in [-0.39, 0.29) is 17.5 Å². The van der Waals surface area contributed by atoms with Crippen LogP contribution in [0.15, 0.2) is 42.5 Å². The molecule has 6 nitrogen and oxygen atoms in total. The quantitative estimate of drug-likeness (QED) is 0.653. The van der Waals surface area contributed by atoms with Crippen molar-refractivity contribution in [3.05, 3.63) is 69.5 Å². The molecule has 26 heavy (non-hydrogen) atoms. The van der Waals surface area contributed by atoms with Crippen molar-refractivity contribution in [1.82, 2.24) is 5.32 Å². The van der Waals surface area contributed by atoms with Gasteiger partial charge in [0, 0.05) is 12.1 Å². The van der Waals surface area contributed by atoms with E-state index >= 15 is 0 Å².